The van der Waals surface area contributed by atoms with E-state index in [4.69, 9.17) is 16.5 Å². The largest absolute Gasteiger partial charge is 0.368 e. The second-order valence-corrected chi connectivity index (χ2v) is 6.83. The highest BCUT2D eigenvalue weighted by Gasteiger charge is 2.33. The molecule has 1 unspecified atom stereocenters. The molecule has 3 heterocycles. The number of anilines is 2. The Kier molecular flexibility index (Phi) is 3.55. The van der Waals surface area contributed by atoms with Crippen LogP contribution in [-0.4, -0.2) is 26.5 Å². The second-order valence-electron chi connectivity index (χ2n) is 5.77. The van der Waals surface area contributed by atoms with Crippen molar-refractivity contribution in [2.75, 3.05) is 18.0 Å². The number of para-hydroxylation sites is 1. The minimum atomic E-state index is 0.183. The van der Waals surface area contributed by atoms with E-state index in [1.165, 1.54) is 21.0 Å². The first kappa shape index (κ1) is 14.3. The summed E-state index contributed by atoms with van der Waals surface area (Å²) in [5.41, 5.74) is 12.4. The van der Waals surface area contributed by atoms with Crippen LogP contribution in [0, 0.1) is 0 Å². The quantitative estimate of drug-likeness (QED) is 0.648. The van der Waals surface area contributed by atoms with E-state index in [1.807, 2.05) is 6.07 Å². The summed E-state index contributed by atoms with van der Waals surface area (Å²) in [6.45, 7) is 1.77. The molecule has 0 saturated carbocycles. The lowest BCUT2D eigenvalue weighted by atomic mass is 10.2. The predicted octanol–water partition coefficient (Wildman–Crippen LogP) is 0.566. The molecule has 5 N–H and O–H groups in total. The van der Waals surface area contributed by atoms with Crippen molar-refractivity contribution >= 4 is 33.5 Å². The lowest BCUT2D eigenvalue weighted by Gasteiger charge is -2.18. The minimum absolute atomic E-state index is 0.183. The Hall–Kier alpha value is -2.32. The normalized spacial score (nSPS) is 21.0. The minimum Gasteiger partial charge on any atom is -0.368 e. The Morgan fingerprint density at radius 3 is 2.65 bits per heavy atom. The van der Waals surface area contributed by atoms with Gasteiger partial charge in [-0.15, -0.1) is 11.3 Å². The fourth-order valence-corrected chi connectivity index (χ4v) is 4.36. The highest BCUT2D eigenvalue weighted by atomic mass is 32.1. The molecule has 2 atom stereocenters. The van der Waals surface area contributed by atoms with E-state index < -0.39 is 0 Å². The van der Waals surface area contributed by atoms with Gasteiger partial charge < -0.3 is 16.4 Å². The van der Waals surface area contributed by atoms with Crippen molar-refractivity contribution < 1.29 is 4.90 Å². The highest BCUT2D eigenvalue weighted by molar-refractivity contribution is 7.18. The van der Waals surface area contributed by atoms with Gasteiger partial charge in [0.2, 0.25) is 11.9 Å². The molecule has 1 aromatic carbocycles. The van der Waals surface area contributed by atoms with E-state index in [1.54, 1.807) is 11.3 Å². The van der Waals surface area contributed by atoms with Crippen molar-refractivity contribution in [3.63, 3.8) is 0 Å². The van der Waals surface area contributed by atoms with Crippen molar-refractivity contribution in [2.24, 2.45) is 0 Å². The summed E-state index contributed by atoms with van der Waals surface area (Å²) < 4.78 is 1.24. The first-order valence-corrected chi connectivity index (χ1v) is 8.46. The molecule has 0 bridgehead atoms. The van der Waals surface area contributed by atoms with Crippen molar-refractivity contribution in [3.8, 4) is 0 Å². The predicted molar refractivity (Wildman–Crippen MR) is 89.8 cm³/mol. The van der Waals surface area contributed by atoms with Gasteiger partial charge in [-0.1, -0.05) is 12.1 Å². The molecule has 7 nitrogen and oxygen atoms in total. The summed E-state index contributed by atoms with van der Waals surface area (Å²) >= 11 is 1.78. The highest BCUT2D eigenvalue weighted by Crippen LogP contribution is 2.28. The lowest BCUT2D eigenvalue weighted by Crippen LogP contribution is -3.09. The van der Waals surface area contributed by atoms with Crippen LogP contribution < -0.4 is 16.4 Å². The molecule has 4 rings (SSSR count). The third kappa shape index (κ3) is 2.82. The summed E-state index contributed by atoms with van der Waals surface area (Å²) in [5, 5.41) is 1.19. The van der Waals surface area contributed by atoms with E-state index >= 15 is 0 Å². The summed E-state index contributed by atoms with van der Waals surface area (Å²) in [5.74, 6) is 1.02. The monoisotopic (exact) mass is 328 g/mol. The number of nitrogens with two attached hydrogens (primary N) is 2. The summed E-state index contributed by atoms with van der Waals surface area (Å²) in [6, 6.07) is 8.66. The van der Waals surface area contributed by atoms with E-state index in [2.05, 4.69) is 33.2 Å². The number of thiazole rings is 1. The van der Waals surface area contributed by atoms with Crippen molar-refractivity contribution in [2.45, 2.75) is 25.4 Å². The van der Waals surface area contributed by atoms with Gasteiger partial charge in [-0.25, -0.2) is 4.98 Å². The standard InChI is InChI=1S/C15H17N7S/c16-14-19-12(20-15(17)21-14)8-22-7-3-5-10(22)13-18-9-4-1-2-6-11(9)23-13/h1-2,4,6,10H,3,5,7-8H2,(H4,16,17,19,20,21)/p+1/t10-/m1/s1. The van der Waals surface area contributed by atoms with Crippen LogP contribution in [-0.2, 0) is 6.54 Å². The van der Waals surface area contributed by atoms with Gasteiger partial charge in [-0.05, 0) is 12.1 Å². The number of nitrogens with one attached hydrogen (secondary N) is 1. The molecular formula is C15H18N7S+. The molecule has 1 fully saturated rings. The SMILES string of the molecule is Nc1nc(N)nc(C[NH+]2CCC[C@@H]2c2nc3ccccc3s2)n1. The van der Waals surface area contributed by atoms with Gasteiger partial charge in [0.1, 0.15) is 12.6 Å². The Morgan fingerprint density at radius 2 is 1.87 bits per heavy atom. The van der Waals surface area contributed by atoms with E-state index in [9.17, 15) is 0 Å². The second kappa shape index (κ2) is 5.71. The average Bonchev–Trinajstić information content (AvgIpc) is 3.11. The number of hydrogen-bond donors (Lipinski definition) is 3. The van der Waals surface area contributed by atoms with Gasteiger partial charge in [-0.2, -0.15) is 15.0 Å². The Morgan fingerprint density at radius 1 is 1.09 bits per heavy atom. The molecule has 23 heavy (non-hydrogen) atoms. The molecule has 2 aromatic heterocycles. The Bertz CT molecular complexity index is 793. The van der Waals surface area contributed by atoms with Crippen molar-refractivity contribution in [1.82, 2.24) is 19.9 Å². The van der Waals surface area contributed by atoms with Gasteiger partial charge in [0.05, 0.1) is 16.8 Å². The van der Waals surface area contributed by atoms with Crippen LogP contribution in [0.5, 0.6) is 0 Å². The molecule has 1 saturated heterocycles. The van der Waals surface area contributed by atoms with Crippen LogP contribution in [0.1, 0.15) is 29.7 Å². The van der Waals surface area contributed by atoms with Crippen LogP contribution in [0.2, 0.25) is 0 Å². The van der Waals surface area contributed by atoms with Gasteiger partial charge in [0, 0.05) is 12.8 Å². The molecule has 3 aromatic rings. The maximum atomic E-state index is 5.67. The zero-order valence-corrected chi connectivity index (χ0v) is 13.4. The van der Waals surface area contributed by atoms with Crippen LogP contribution in [0.15, 0.2) is 24.3 Å². The number of nitrogen functional groups attached to an aromatic ring is 2. The molecule has 1 aliphatic rings. The first-order chi connectivity index (χ1) is 11.2. The maximum Gasteiger partial charge on any atom is 0.225 e. The van der Waals surface area contributed by atoms with Crippen LogP contribution in [0.3, 0.4) is 0 Å². The van der Waals surface area contributed by atoms with Gasteiger partial charge >= 0.3 is 0 Å². The van der Waals surface area contributed by atoms with Gasteiger partial charge in [0.25, 0.3) is 0 Å². The Balaban J connectivity index is 1.60. The number of likely N-dealkylation sites (tertiary alicyclic amines) is 1. The number of benzene rings is 1. The molecule has 0 spiro atoms. The van der Waals surface area contributed by atoms with E-state index in [-0.39, 0.29) is 11.9 Å². The third-order valence-electron chi connectivity index (χ3n) is 4.19. The molecule has 118 valence electrons. The zero-order chi connectivity index (χ0) is 15.8. The maximum absolute atomic E-state index is 5.67. The van der Waals surface area contributed by atoms with Crippen molar-refractivity contribution in [3.05, 3.63) is 35.1 Å². The number of quaternary nitrogens is 1. The topological polar surface area (TPSA) is 108 Å². The van der Waals surface area contributed by atoms with Crippen LogP contribution in [0.25, 0.3) is 10.2 Å². The number of aromatic nitrogens is 4. The third-order valence-corrected chi connectivity index (χ3v) is 5.34. The summed E-state index contributed by atoms with van der Waals surface area (Å²) in [4.78, 5) is 18.5. The first-order valence-electron chi connectivity index (χ1n) is 7.65. The van der Waals surface area contributed by atoms with Crippen LogP contribution >= 0.6 is 11.3 Å². The smallest absolute Gasteiger partial charge is 0.225 e. The number of fused-ring (bicyclic) bond motifs is 1. The van der Waals surface area contributed by atoms with E-state index in [0.29, 0.717) is 18.4 Å². The molecule has 0 radical (unpaired) electrons. The summed E-state index contributed by atoms with van der Waals surface area (Å²) in [6.07, 6.45) is 2.30. The van der Waals surface area contributed by atoms with Gasteiger partial charge in [0.15, 0.2) is 10.8 Å². The van der Waals surface area contributed by atoms with E-state index in [0.717, 1.165) is 18.5 Å². The summed E-state index contributed by atoms with van der Waals surface area (Å²) in [7, 11) is 0. The fourth-order valence-electron chi connectivity index (χ4n) is 3.20. The van der Waals surface area contributed by atoms with Crippen molar-refractivity contribution in [1.29, 1.82) is 0 Å². The number of nitrogens with zero attached hydrogens (tertiary/aromatic N) is 4. The fraction of sp³-hybridized carbons (Fsp3) is 0.333. The zero-order valence-electron chi connectivity index (χ0n) is 12.6. The molecule has 0 aliphatic carbocycles. The average molecular weight is 328 g/mol. The molecule has 0 amide bonds. The molecule has 1 aliphatic heterocycles. The lowest BCUT2D eigenvalue weighted by molar-refractivity contribution is -0.932. The van der Waals surface area contributed by atoms with Gasteiger partial charge in [-0.3, -0.25) is 0 Å². The number of rotatable bonds is 3. The number of hydrogen-bond acceptors (Lipinski definition) is 7. The molecule has 8 heteroatoms. The van der Waals surface area contributed by atoms with Crippen LogP contribution in [0.4, 0.5) is 11.9 Å². The molecular weight excluding hydrogens is 310 g/mol. The Labute approximate surface area is 137 Å².